The van der Waals surface area contributed by atoms with E-state index in [1.54, 1.807) is 0 Å². The van der Waals surface area contributed by atoms with E-state index < -0.39 is 11.6 Å². The highest BCUT2D eigenvalue weighted by atomic mass is 79.9. The molecule has 0 saturated heterocycles. The summed E-state index contributed by atoms with van der Waals surface area (Å²) < 4.78 is 27.0. The fourth-order valence-corrected chi connectivity index (χ4v) is 2.58. The number of halogens is 3. The van der Waals surface area contributed by atoms with Crippen molar-refractivity contribution in [3.63, 3.8) is 0 Å². The van der Waals surface area contributed by atoms with Gasteiger partial charge in [0.05, 0.1) is 5.69 Å². The summed E-state index contributed by atoms with van der Waals surface area (Å²) >= 11 is 3.19. The van der Waals surface area contributed by atoms with Crippen molar-refractivity contribution in [2.24, 2.45) is 0 Å². The fraction of sp³-hybridized carbons (Fsp3) is 0.600. The van der Waals surface area contributed by atoms with Gasteiger partial charge in [0.2, 0.25) is 0 Å². The van der Waals surface area contributed by atoms with Gasteiger partial charge in [0.25, 0.3) is 0 Å². The minimum absolute atomic E-state index is 0.179. The van der Waals surface area contributed by atoms with Gasteiger partial charge in [0.15, 0.2) is 0 Å². The average Bonchev–Trinajstić information content (AvgIpc) is 2.33. The summed E-state index contributed by atoms with van der Waals surface area (Å²) in [6, 6.07) is 2.36. The van der Waals surface area contributed by atoms with Crippen LogP contribution in [-0.4, -0.2) is 6.04 Å². The van der Waals surface area contributed by atoms with Gasteiger partial charge in [0, 0.05) is 16.6 Å². The van der Waals surface area contributed by atoms with Crippen LogP contribution in [0.2, 0.25) is 0 Å². The summed E-state index contributed by atoms with van der Waals surface area (Å²) in [6.07, 6.45) is 7.12. The standard InChI is InChI=1S/C15H22BrF2N/c1-3-4-5-6-7-8-11(2)19-15-13(16)9-12(17)10-14(15)18/h9-11,19H,3-8H2,1-2H3. The van der Waals surface area contributed by atoms with E-state index in [0.717, 1.165) is 18.9 Å². The molecular weight excluding hydrogens is 312 g/mol. The molecule has 1 nitrogen and oxygen atoms in total. The van der Waals surface area contributed by atoms with Crippen molar-refractivity contribution in [1.82, 2.24) is 0 Å². The molecule has 0 aliphatic rings. The summed E-state index contributed by atoms with van der Waals surface area (Å²) in [5, 5.41) is 3.11. The van der Waals surface area contributed by atoms with E-state index >= 15 is 0 Å². The number of nitrogens with one attached hydrogen (secondary N) is 1. The second kappa shape index (κ2) is 8.51. The smallest absolute Gasteiger partial charge is 0.150 e. The van der Waals surface area contributed by atoms with E-state index in [9.17, 15) is 8.78 Å². The third-order valence-corrected chi connectivity index (χ3v) is 3.76. The molecule has 19 heavy (non-hydrogen) atoms. The van der Waals surface area contributed by atoms with Crippen LogP contribution < -0.4 is 5.32 Å². The van der Waals surface area contributed by atoms with Crippen LogP contribution in [0.3, 0.4) is 0 Å². The van der Waals surface area contributed by atoms with Crippen LogP contribution in [0.5, 0.6) is 0 Å². The minimum atomic E-state index is -0.567. The molecule has 1 rings (SSSR count). The van der Waals surface area contributed by atoms with Crippen molar-refractivity contribution in [1.29, 1.82) is 0 Å². The largest absolute Gasteiger partial charge is 0.379 e. The predicted molar refractivity (Wildman–Crippen MR) is 80.5 cm³/mol. The molecule has 1 aromatic rings. The van der Waals surface area contributed by atoms with Crippen LogP contribution in [0.4, 0.5) is 14.5 Å². The maximum absolute atomic E-state index is 13.6. The highest BCUT2D eigenvalue weighted by molar-refractivity contribution is 9.10. The first-order chi connectivity index (χ1) is 9.04. The molecular formula is C15H22BrF2N. The van der Waals surface area contributed by atoms with Gasteiger partial charge in [-0.3, -0.25) is 0 Å². The Hall–Kier alpha value is -0.640. The number of unbranched alkanes of at least 4 members (excludes halogenated alkanes) is 4. The molecule has 0 radical (unpaired) electrons. The van der Waals surface area contributed by atoms with Crippen molar-refractivity contribution >= 4 is 21.6 Å². The zero-order chi connectivity index (χ0) is 14.3. The SMILES string of the molecule is CCCCCCCC(C)Nc1c(F)cc(F)cc1Br. The highest BCUT2D eigenvalue weighted by Gasteiger charge is 2.11. The van der Waals surface area contributed by atoms with E-state index in [-0.39, 0.29) is 6.04 Å². The van der Waals surface area contributed by atoms with Gasteiger partial charge in [0.1, 0.15) is 11.6 Å². The lowest BCUT2D eigenvalue weighted by Crippen LogP contribution is -2.16. The van der Waals surface area contributed by atoms with Gasteiger partial charge in [-0.25, -0.2) is 8.78 Å². The molecule has 0 bridgehead atoms. The number of anilines is 1. The van der Waals surface area contributed by atoms with Gasteiger partial charge in [-0.1, -0.05) is 39.0 Å². The van der Waals surface area contributed by atoms with Crippen LogP contribution in [-0.2, 0) is 0 Å². The first kappa shape index (κ1) is 16.4. The maximum Gasteiger partial charge on any atom is 0.150 e. The Bertz CT molecular complexity index is 373. The third-order valence-electron chi connectivity index (χ3n) is 3.14. The zero-order valence-corrected chi connectivity index (χ0v) is 13.2. The quantitative estimate of drug-likeness (QED) is 0.585. The van der Waals surface area contributed by atoms with Crippen LogP contribution in [0.15, 0.2) is 16.6 Å². The summed E-state index contributed by atoms with van der Waals surface area (Å²) in [5.74, 6) is -1.12. The molecule has 0 saturated carbocycles. The lowest BCUT2D eigenvalue weighted by Gasteiger charge is -2.17. The lowest BCUT2D eigenvalue weighted by molar-refractivity contribution is 0.566. The van der Waals surface area contributed by atoms with Crippen molar-refractivity contribution in [2.75, 3.05) is 5.32 Å². The van der Waals surface area contributed by atoms with E-state index in [1.807, 2.05) is 6.92 Å². The molecule has 1 unspecified atom stereocenters. The van der Waals surface area contributed by atoms with Crippen LogP contribution >= 0.6 is 15.9 Å². The molecule has 0 heterocycles. The summed E-state index contributed by atoms with van der Waals surface area (Å²) in [6.45, 7) is 4.22. The summed E-state index contributed by atoms with van der Waals surface area (Å²) in [7, 11) is 0. The van der Waals surface area contributed by atoms with Gasteiger partial charge < -0.3 is 5.32 Å². The van der Waals surface area contributed by atoms with Crippen LogP contribution in [0.1, 0.15) is 52.4 Å². The number of rotatable bonds is 8. The highest BCUT2D eigenvalue weighted by Crippen LogP contribution is 2.28. The third kappa shape index (κ3) is 5.89. The first-order valence-corrected chi connectivity index (χ1v) is 7.75. The van der Waals surface area contributed by atoms with E-state index in [2.05, 4.69) is 28.2 Å². The topological polar surface area (TPSA) is 12.0 Å². The molecule has 1 atom stereocenters. The Morgan fingerprint density at radius 3 is 2.47 bits per heavy atom. The van der Waals surface area contributed by atoms with Gasteiger partial charge in [-0.15, -0.1) is 0 Å². The Balaban J connectivity index is 2.42. The van der Waals surface area contributed by atoms with Gasteiger partial charge in [-0.2, -0.15) is 0 Å². The summed E-state index contributed by atoms with van der Waals surface area (Å²) in [4.78, 5) is 0. The molecule has 1 aromatic carbocycles. The summed E-state index contributed by atoms with van der Waals surface area (Å²) in [5.41, 5.74) is 0.349. The number of hydrogen-bond donors (Lipinski definition) is 1. The molecule has 4 heteroatoms. The Kier molecular flexibility index (Phi) is 7.36. The molecule has 0 aliphatic heterocycles. The zero-order valence-electron chi connectivity index (χ0n) is 11.6. The molecule has 0 aromatic heterocycles. The Morgan fingerprint density at radius 2 is 1.84 bits per heavy atom. The molecule has 0 fully saturated rings. The van der Waals surface area contributed by atoms with Crippen molar-refractivity contribution in [3.05, 3.63) is 28.2 Å². The van der Waals surface area contributed by atoms with Gasteiger partial charge >= 0.3 is 0 Å². The molecule has 0 spiro atoms. The number of benzene rings is 1. The Labute approximate surface area is 122 Å². The van der Waals surface area contributed by atoms with E-state index in [0.29, 0.717) is 10.2 Å². The van der Waals surface area contributed by atoms with Gasteiger partial charge in [-0.05, 0) is 35.3 Å². The molecule has 0 aliphatic carbocycles. The maximum atomic E-state index is 13.6. The predicted octanol–water partition coefficient (Wildman–Crippen LogP) is 5.89. The van der Waals surface area contributed by atoms with Crippen molar-refractivity contribution in [2.45, 2.75) is 58.4 Å². The lowest BCUT2D eigenvalue weighted by atomic mass is 10.1. The molecule has 0 amide bonds. The fourth-order valence-electron chi connectivity index (χ4n) is 2.05. The van der Waals surface area contributed by atoms with Crippen molar-refractivity contribution < 1.29 is 8.78 Å². The van der Waals surface area contributed by atoms with Crippen LogP contribution in [0.25, 0.3) is 0 Å². The van der Waals surface area contributed by atoms with E-state index in [1.165, 1.54) is 31.7 Å². The normalized spacial score (nSPS) is 12.5. The minimum Gasteiger partial charge on any atom is -0.379 e. The molecule has 108 valence electrons. The second-order valence-corrected chi connectivity index (χ2v) is 5.85. The second-order valence-electron chi connectivity index (χ2n) is 4.99. The van der Waals surface area contributed by atoms with Crippen LogP contribution in [0, 0.1) is 11.6 Å². The van der Waals surface area contributed by atoms with E-state index in [4.69, 9.17) is 0 Å². The first-order valence-electron chi connectivity index (χ1n) is 6.95. The Morgan fingerprint density at radius 1 is 1.16 bits per heavy atom. The average molecular weight is 334 g/mol. The van der Waals surface area contributed by atoms with Crippen molar-refractivity contribution in [3.8, 4) is 0 Å². The monoisotopic (exact) mass is 333 g/mol. The number of hydrogen-bond acceptors (Lipinski definition) is 1. The molecule has 1 N–H and O–H groups in total.